The highest BCUT2D eigenvalue weighted by Crippen LogP contribution is 2.43. The van der Waals surface area contributed by atoms with E-state index in [1.807, 2.05) is 0 Å². The fourth-order valence-corrected chi connectivity index (χ4v) is 2.14. The van der Waals surface area contributed by atoms with Crippen molar-refractivity contribution in [1.29, 1.82) is 0 Å². The smallest absolute Gasteiger partial charge is 0.373 e. The van der Waals surface area contributed by atoms with Gasteiger partial charge >= 0.3 is 5.97 Å². The highest BCUT2D eigenvalue weighted by Gasteiger charge is 2.46. The van der Waals surface area contributed by atoms with E-state index in [2.05, 4.69) is 4.74 Å². The van der Waals surface area contributed by atoms with Crippen molar-refractivity contribution in [2.24, 2.45) is 5.73 Å². The molecule has 1 aromatic heterocycles. The average molecular weight is 225 g/mol. The minimum atomic E-state index is -0.502. The number of hydrogen-bond acceptors (Lipinski definition) is 5. The average Bonchev–Trinajstić information content (AvgIpc) is 2.72. The molecule has 0 aliphatic heterocycles. The first-order valence-electron chi connectivity index (χ1n) is 5.18. The predicted octanol–water partition coefficient (Wildman–Crippen LogP) is 0.417. The molecule has 1 saturated carbocycles. The van der Waals surface area contributed by atoms with Crippen LogP contribution in [0.15, 0.2) is 16.5 Å². The maximum absolute atomic E-state index is 11.2. The number of furan rings is 1. The number of rotatable bonds is 3. The van der Waals surface area contributed by atoms with E-state index in [9.17, 15) is 9.90 Å². The van der Waals surface area contributed by atoms with E-state index >= 15 is 0 Å². The van der Waals surface area contributed by atoms with Gasteiger partial charge in [0, 0.05) is 12.0 Å². The lowest BCUT2D eigenvalue weighted by molar-refractivity contribution is 0.0105. The molecular formula is C11H15NO4. The van der Waals surface area contributed by atoms with Gasteiger partial charge in [-0.1, -0.05) is 0 Å². The Balaban J connectivity index is 2.21. The zero-order valence-corrected chi connectivity index (χ0v) is 9.10. The first-order valence-corrected chi connectivity index (χ1v) is 5.18. The van der Waals surface area contributed by atoms with E-state index in [0.29, 0.717) is 25.1 Å². The zero-order valence-electron chi connectivity index (χ0n) is 9.10. The van der Waals surface area contributed by atoms with Gasteiger partial charge in [-0.05, 0) is 25.0 Å². The molecule has 0 radical (unpaired) electrons. The summed E-state index contributed by atoms with van der Waals surface area (Å²) in [7, 11) is 1.30. The molecule has 1 heterocycles. The van der Waals surface area contributed by atoms with Gasteiger partial charge in [-0.15, -0.1) is 0 Å². The van der Waals surface area contributed by atoms with Gasteiger partial charge in [-0.3, -0.25) is 0 Å². The summed E-state index contributed by atoms with van der Waals surface area (Å²) >= 11 is 0. The number of carbonyl (C=O) groups excluding carboxylic acids is 1. The third kappa shape index (κ3) is 1.62. The summed E-state index contributed by atoms with van der Waals surface area (Å²) in [6.07, 6.45) is 0.838. The topological polar surface area (TPSA) is 85.7 Å². The zero-order chi connectivity index (χ0) is 11.8. The van der Waals surface area contributed by atoms with Gasteiger partial charge in [0.05, 0.1) is 13.2 Å². The summed E-state index contributed by atoms with van der Waals surface area (Å²) in [5, 5.41) is 9.35. The van der Waals surface area contributed by atoms with Crippen molar-refractivity contribution in [1.82, 2.24) is 0 Å². The van der Waals surface area contributed by atoms with Gasteiger partial charge in [-0.25, -0.2) is 4.79 Å². The SMILES string of the molecule is COC(=O)c1ccc(C2(CN)CC(O)C2)o1. The number of nitrogens with two attached hydrogens (primary N) is 1. The Hall–Kier alpha value is -1.33. The number of ether oxygens (including phenoxy) is 1. The Kier molecular flexibility index (Phi) is 2.73. The second-order valence-corrected chi connectivity index (χ2v) is 4.20. The molecule has 1 aliphatic carbocycles. The molecule has 5 heteroatoms. The van der Waals surface area contributed by atoms with Crippen molar-refractivity contribution in [2.75, 3.05) is 13.7 Å². The molecule has 1 fully saturated rings. The summed E-state index contributed by atoms with van der Waals surface area (Å²) in [5.41, 5.74) is 5.38. The molecule has 16 heavy (non-hydrogen) atoms. The van der Waals surface area contributed by atoms with Crippen LogP contribution in [0, 0.1) is 0 Å². The first-order chi connectivity index (χ1) is 7.61. The van der Waals surface area contributed by atoms with E-state index in [1.165, 1.54) is 7.11 Å². The molecule has 0 bridgehead atoms. The van der Waals surface area contributed by atoms with Gasteiger partial charge in [0.25, 0.3) is 0 Å². The lowest BCUT2D eigenvalue weighted by atomic mass is 9.65. The monoisotopic (exact) mass is 225 g/mol. The van der Waals surface area contributed by atoms with Crippen molar-refractivity contribution in [3.63, 3.8) is 0 Å². The molecule has 0 aromatic carbocycles. The van der Waals surface area contributed by atoms with Gasteiger partial charge in [0.15, 0.2) is 0 Å². The fourth-order valence-electron chi connectivity index (χ4n) is 2.14. The van der Waals surface area contributed by atoms with Crippen molar-refractivity contribution in [2.45, 2.75) is 24.4 Å². The van der Waals surface area contributed by atoms with Gasteiger partial charge in [0.1, 0.15) is 5.76 Å². The Morgan fingerprint density at radius 3 is 2.88 bits per heavy atom. The van der Waals surface area contributed by atoms with Crippen LogP contribution in [-0.2, 0) is 10.2 Å². The largest absolute Gasteiger partial charge is 0.463 e. The summed E-state index contributed by atoms with van der Waals surface area (Å²) < 4.78 is 9.97. The molecule has 0 unspecified atom stereocenters. The third-order valence-corrected chi connectivity index (χ3v) is 3.16. The van der Waals surface area contributed by atoms with Crippen molar-refractivity contribution >= 4 is 5.97 Å². The molecule has 0 spiro atoms. The quantitative estimate of drug-likeness (QED) is 0.728. The number of carbonyl (C=O) groups is 1. The lowest BCUT2D eigenvalue weighted by Gasteiger charge is -2.42. The number of methoxy groups -OCH3 is 1. The molecule has 5 nitrogen and oxygen atoms in total. The molecule has 0 amide bonds. The molecule has 0 atom stereocenters. The highest BCUT2D eigenvalue weighted by atomic mass is 16.5. The predicted molar refractivity (Wildman–Crippen MR) is 56.0 cm³/mol. The molecule has 2 rings (SSSR count). The van der Waals surface area contributed by atoms with Crippen LogP contribution in [0.5, 0.6) is 0 Å². The van der Waals surface area contributed by atoms with Crippen LogP contribution in [0.1, 0.15) is 29.2 Å². The van der Waals surface area contributed by atoms with Crippen LogP contribution < -0.4 is 5.73 Å². The maximum atomic E-state index is 11.2. The maximum Gasteiger partial charge on any atom is 0.373 e. The van der Waals surface area contributed by atoms with Crippen LogP contribution in [-0.4, -0.2) is 30.8 Å². The Labute approximate surface area is 93.2 Å². The van der Waals surface area contributed by atoms with Gasteiger partial charge < -0.3 is 20.0 Å². The minimum absolute atomic E-state index is 0.173. The molecule has 88 valence electrons. The van der Waals surface area contributed by atoms with Crippen LogP contribution in [0.2, 0.25) is 0 Å². The van der Waals surface area contributed by atoms with Crippen LogP contribution in [0.25, 0.3) is 0 Å². The molecule has 1 aromatic rings. The van der Waals surface area contributed by atoms with Crippen molar-refractivity contribution in [3.05, 3.63) is 23.7 Å². The summed E-state index contributed by atoms with van der Waals surface area (Å²) in [4.78, 5) is 11.2. The molecule has 1 aliphatic rings. The van der Waals surface area contributed by atoms with Gasteiger partial charge in [0.2, 0.25) is 5.76 Å². The molecule has 0 saturated heterocycles. The normalized spacial score (nSPS) is 28.6. The molecular weight excluding hydrogens is 210 g/mol. The second kappa shape index (κ2) is 3.92. The van der Waals surface area contributed by atoms with Crippen molar-refractivity contribution < 1.29 is 19.1 Å². The van der Waals surface area contributed by atoms with Crippen LogP contribution in [0.3, 0.4) is 0 Å². The van der Waals surface area contributed by atoms with E-state index in [4.69, 9.17) is 10.2 Å². The Morgan fingerprint density at radius 1 is 1.69 bits per heavy atom. The summed E-state index contributed by atoms with van der Waals surface area (Å²) in [6.45, 7) is 0.401. The number of esters is 1. The van der Waals surface area contributed by atoms with Crippen LogP contribution in [0.4, 0.5) is 0 Å². The number of hydrogen-bond donors (Lipinski definition) is 2. The van der Waals surface area contributed by atoms with E-state index < -0.39 is 5.97 Å². The van der Waals surface area contributed by atoms with Crippen LogP contribution >= 0.6 is 0 Å². The summed E-state index contributed by atoms with van der Waals surface area (Å²) in [5.74, 6) is 0.325. The molecule has 3 N–H and O–H groups in total. The number of aliphatic hydroxyl groups excluding tert-OH is 1. The Bertz CT molecular complexity index is 392. The fraction of sp³-hybridized carbons (Fsp3) is 0.545. The third-order valence-electron chi connectivity index (χ3n) is 3.16. The van der Waals surface area contributed by atoms with E-state index in [-0.39, 0.29) is 17.3 Å². The minimum Gasteiger partial charge on any atom is -0.463 e. The lowest BCUT2D eigenvalue weighted by Crippen LogP contribution is -2.49. The standard InChI is InChI=1S/C11H15NO4/c1-15-10(14)8-2-3-9(16-8)11(6-12)4-7(13)5-11/h2-3,7,13H,4-6,12H2,1H3. The highest BCUT2D eigenvalue weighted by molar-refractivity contribution is 5.86. The van der Waals surface area contributed by atoms with E-state index in [0.717, 1.165) is 0 Å². The Morgan fingerprint density at radius 2 is 2.38 bits per heavy atom. The van der Waals surface area contributed by atoms with Crippen molar-refractivity contribution in [3.8, 4) is 0 Å². The number of aliphatic hydroxyl groups is 1. The van der Waals surface area contributed by atoms with Gasteiger partial charge in [-0.2, -0.15) is 0 Å². The first kappa shape index (κ1) is 11.2. The summed E-state index contributed by atoms with van der Waals surface area (Å²) in [6, 6.07) is 3.30. The second-order valence-electron chi connectivity index (χ2n) is 4.20. The van der Waals surface area contributed by atoms with E-state index in [1.54, 1.807) is 12.1 Å².